The zero-order valence-corrected chi connectivity index (χ0v) is 14.3. The molecule has 2 aromatic rings. The fourth-order valence-electron chi connectivity index (χ4n) is 1.78. The van der Waals surface area contributed by atoms with Crippen LogP contribution < -0.4 is 5.73 Å². The maximum absolute atomic E-state index is 6.20. The van der Waals surface area contributed by atoms with E-state index in [9.17, 15) is 0 Å². The van der Waals surface area contributed by atoms with Crippen molar-refractivity contribution in [2.75, 3.05) is 5.75 Å². The van der Waals surface area contributed by atoms with Gasteiger partial charge in [-0.25, -0.2) is 0 Å². The largest absolute Gasteiger partial charge is 0.327 e. The Bertz CT molecular complexity index is 545. The van der Waals surface area contributed by atoms with Crippen LogP contribution in [0.15, 0.2) is 62.4 Å². The first-order valence-corrected chi connectivity index (χ1v) is 8.59. The van der Waals surface area contributed by atoms with Crippen LogP contribution in [0, 0.1) is 0 Å². The van der Waals surface area contributed by atoms with Crippen molar-refractivity contribution >= 4 is 43.6 Å². The van der Waals surface area contributed by atoms with Gasteiger partial charge in [-0.3, -0.25) is 0 Å². The number of rotatable bonds is 5. The van der Waals surface area contributed by atoms with Gasteiger partial charge >= 0.3 is 0 Å². The lowest BCUT2D eigenvalue weighted by atomic mass is 10.1. The van der Waals surface area contributed by atoms with Gasteiger partial charge in [0.2, 0.25) is 0 Å². The van der Waals surface area contributed by atoms with Crippen molar-refractivity contribution in [2.24, 2.45) is 5.73 Å². The molecule has 1 atom stereocenters. The molecule has 0 fully saturated rings. The van der Waals surface area contributed by atoms with Crippen LogP contribution in [0.2, 0.25) is 0 Å². The minimum absolute atomic E-state index is 0.159. The van der Waals surface area contributed by atoms with Crippen molar-refractivity contribution < 1.29 is 0 Å². The van der Waals surface area contributed by atoms with E-state index in [0.717, 1.165) is 21.1 Å². The van der Waals surface area contributed by atoms with E-state index < -0.39 is 0 Å². The third-order valence-electron chi connectivity index (χ3n) is 2.68. The summed E-state index contributed by atoms with van der Waals surface area (Å²) in [6.07, 6.45) is 0.900. The summed E-state index contributed by atoms with van der Waals surface area (Å²) in [6.45, 7) is 0. The van der Waals surface area contributed by atoms with Crippen molar-refractivity contribution in [3.63, 3.8) is 0 Å². The van der Waals surface area contributed by atoms with Crippen LogP contribution in [0.25, 0.3) is 0 Å². The summed E-state index contributed by atoms with van der Waals surface area (Å²) in [5.41, 5.74) is 7.48. The summed E-state index contributed by atoms with van der Waals surface area (Å²) in [4.78, 5) is 1.24. The number of benzene rings is 2. The minimum atomic E-state index is 0.159. The summed E-state index contributed by atoms with van der Waals surface area (Å²) >= 11 is 8.83. The number of thioether (sulfide) groups is 1. The summed E-state index contributed by atoms with van der Waals surface area (Å²) < 4.78 is 2.24. The molecule has 0 saturated heterocycles. The molecule has 0 amide bonds. The Balaban J connectivity index is 1.88. The van der Waals surface area contributed by atoms with Crippen LogP contribution in [0.4, 0.5) is 0 Å². The molecular weight excluding hydrogens is 386 g/mol. The molecule has 0 aromatic heterocycles. The standard InChI is InChI=1S/C15H15Br2NS/c16-12-5-3-4-11(8-12)9-13(18)10-19-15-7-2-1-6-14(15)17/h1-8,13H,9-10,18H2. The van der Waals surface area contributed by atoms with E-state index in [0.29, 0.717) is 0 Å². The summed E-state index contributed by atoms with van der Waals surface area (Å²) in [6, 6.07) is 16.7. The second-order valence-corrected chi connectivity index (χ2v) is 7.17. The minimum Gasteiger partial charge on any atom is -0.327 e. The lowest BCUT2D eigenvalue weighted by molar-refractivity contribution is 0.748. The van der Waals surface area contributed by atoms with Gasteiger partial charge in [-0.05, 0) is 52.2 Å². The van der Waals surface area contributed by atoms with E-state index in [4.69, 9.17) is 5.73 Å². The van der Waals surface area contributed by atoms with Gasteiger partial charge in [-0.1, -0.05) is 40.2 Å². The molecule has 0 bridgehead atoms. The molecule has 100 valence electrons. The Kier molecular flexibility index (Phi) is 5.95. The quantitative estimate of drug-likeness (QED) is 0.724. The van der Waals surface area contributed by atoms with Gasteiger partial charge in [0.1, 0.15) is 0 Å². The van der Waals surface area contributed by atoms with E-state index >= 15 is 0 Å². The predicted molar refractivity (Wildman–Crippen MR) is 90.7 cm³/mol. The van der Waals surface area contributed by atoms with Gasteiger partial charge in [0.25, 0.3) is 0 Å². The van der Waals surface area contributed by atoms with Gasteiger partial charge in [-0.2, -0.15) is 0 Å². The first-order valence-electron chi connectivity index (χ1n) is 6.02. The highest BCUT2D eigenvalue weighted by atomic mass is 79.9. The normalized spacial score (nSPS) is 12.4. The molecule has 0 heterocycles. The van der Waals surface area contributed by atoms with Crippen LogP contribution in [0.1, 0.15) is 5.56 Å². The van der Waals surface area contributed by atoms with Gasteiger partial charge < -0.3 is 5.73 Å². The summed E-state index contributed by atoms with van der Waals surface area (Å²) in [5.74, 6) is 0.912. The second-order valence-electron chi connectivity index (χ2n) is 4.34. The zero-order chi connectivity index (χ0) is 13.7. The lowest BCUT2D eigenvalue weighted by Crippen LogP contribution is -2.25. The lowest BCUT2D eigenvalue weighted by Gasteiger charge is -2.12. The molecule has 2 aromatic carbocycles. The number of nitrogens with two attached hydrogens (primary N) is 1. The van der Waals surface area contributed by atoms with Gasteiger partial charge in [-0.15, -0.1) is 11.8 Å². The maximum atomic E-state index is 6.20. The molecule has 4 heteroatoms. The highest BCUT2D eigenvalue weighted by Gasteiger charge is 2.07. The molecule has 19 heavy (non-hydrogen) atoms. The highest BCUT2D eigenvalue weighted by molar-refractivity contribution is 9.10. The summed E-state index contributed by atoms with van der Waals surface area (Å²) in [7, 11) is 0. The van der Waals surface area contributed by atoms with Crippen molar-refractivity contribution in [1.29, 1.82) is 0 Å². The predicted octanol–water partition coefficient (Wildman–Crippen LogP) is 4.87. The molecule has 2 rings (SSSR count). The van der Waals surface area contributed by atoms with Crippen LogP contribution in [-0.2, 0) is 6.42 Å². The fourth-order valence-corrected chi connectivity index (χ4v) is 3.75. The van der Waals surface area contributed by atoms with E-state index in [-0.39, 0.29) is 6.04 Å². The average molecular weight is 401 g/mol. The third kappa shape index (κ3) is 4.95. The topological polar surface area (TPSA) is 26.0 Å². The molecule has 1 nitrogen and oxygen atoms in total. The summed E-state index contributed by atoms with van der Waals surface area (Å²) in [5, 5.41) is 0. The first-order chi connectivity index (χ1) is 9.15. The van der Waals surface area contributed by atoms with Crippen LogP contribution in [0.5, 0.6) is 0 Å². The van der Waals surface area contributed by atoms with Crippen molar-refractivity contribution in [3.05, 3.63) is 63.0 Å². The fraction of sp³-hybridized carbons (Fsp3) is 0.200. The monoisotopic (exact) mass is 399 g/mol. The smallest absolute Gasteiger partial charge is 0.0311 e. The first kappa shape index (κ1) is 15.1. The molecule has 0 radical (unpaired) electrons. The van der Waals surface area contributed by atoms with E-state index in [1.54, 1.807) is 11.8 Å². The van der Waals surface area contributed by atoms with Gasteiger partial charge in [0, 0.05) is 25.6 Å². The Labute approximate surface area is 135 Å². The van der Waals surface area contributed by atoms with Crippen LogP contribution in [0.3, 0.4) is 0 Å². The van der Waals surface area contributed by atoms with Crippen LogP contribution in [-0.4, -0.2) is 11.8 Å². The Morgan fingerprint density at radius 1 is 1.05 bits per heavy atom. The average Bonchev–Trinajstić information content (AvgIpc) is 2.38. The van der Waals surface area contributed by atoms with Crippen molar-refractivity contribution in [2.45, 2.75) is 17.4 Å². The van der Waals surface area contributed by atoms with Crippen molar-refractivity contribution in [1.82, 2.24) is 0 Å². The molecule has 2 N–H and O–H groups in total. The Morgan fingerprint density at radius 2 is 1.84 bits per heavy atom. The SMILES string of the molecule is NC(CSc1ccccc1Br)Cc1cccc(Br)c1. The molecule has 0 aliphatic heterocycles. The zero-order valence-electron chi connectivity index (χ0n) is 10.4. The van der Waals surface area contributed by atoms with E-state index in [1.165, 1.54) is 10.5 Å². The highest BCUT2D eigenvalue weighted by Crippen LogP contribution is 2.27. The van der Waals surface area contributed by atoms with Gasteiger partial charge in [0.05, 0.1) is 0 Å². The molecular formula is C15H15Br2NS. The third-order valence-corrected chi connectivity index (χ3v) is 5.39. The molecule has 1 unspecified atom stereocenters. The number of hydrogen-bond donors (Lipinski definition) is 1. The number of halogens is 2. The van der Waals surface area contributed by atoms with Gasteiger partial charge in [0.15, 0.2) is 0 Å². The van der Waals surface area contributed by atoms with E-state index in [1.807, 2.05) is 24.3 Å². The second kappa shape index (κ2) is 7.48. The van der Waals surface area contributed by atoms with Crippen LogP contribution >= 0.6 is 43.6 Å². The molecule has 0 spiro atoms. The number of hydrogen-bond acceptors (Lipinski definition) is 2. The van der Waals surface area contributed by atoms with Crippen molar-refractivity contribution in [3.8, 4) is 0 Å². The molecule has 0 aliphatic carbocycles. The molecule has 0 aliphatic rings. The Hall–Kier alpha value is -0.290. The maximum Gasteiger partial charge on any atom is 0.0311 e. The Morgan fingerprint density at radius 3 is 2.58 bits per heavy atom. The van der Waals surface area contributed by atoms with E-state index in [2.05, 4.69) is 56.1 Å². The molecule has 0 saturated carbocycles.